The smallest absolute Gasteiger partial charge is 0.463 e. The first kappa shape index (κ1) is 33.4. The van der Waals surface area contributed by atoms with Crippen LogP contribution in [0.3, 0.4) is 0 Å². The van der Waals surface area contributed by atoms with Crippen molar-refractivity contribution >= 4 is 17.8 Å². The van der Waals surface area contributed by atoms with Crippen LogP contribution in [0.2, 0.25) is 0 Å². The molecule has 216 valence electrons. The Kier molecular flexibility index (Phi) is 18.7. The third-order valence-corrected chi connectivity index (χ3v) is 6.43. The molecule has 0 aliphatic heterocycles. The lowest BCUT2D eigenvalue weighted by Gasteiger charge is -2.18. The van der Waals surface area contributed by atoms with E-state index in [0.29, 0.717) is 12.8 Å². The van der Waals surface area contributed by atoms with E-state index >= 15 is 0 Å². The van der Waals surface area contributed by atoms with E-state index in [0.717, 1.165) is 19.3 Å². The lowest BCUT2D eigenvalue weighted by Crippen LogP contribution is -2.23. The maximum absolute atomic E-state index is 12.3. The van der Waals surface area contributed by atoms with Crippen LogP contribution >= 0.6 is 0 Å². The van der Waals surface area contributed by atoms with Crippen LogP contribution in [0.15, 0.2) is 24.3 Å². The van der Waals surface area contributed by atoms with Gasteiger partial charge in [0.25, 0.3) is 5.69 Å². The van der Waals surface area contributed by atoms with Crippen molar-refractivity contribution in [2.75, 3.05) is 0 Å². The number of ether oxygens (including phenoxy) is 3. The van der Waals surface area contributed by atoms with E-state index in [1.54, 1.807) is 13.8 Å². The van der Waals surface area contributed by atoms with Crippen LogP contribution in [0.5, 0.6) is 5.75 Å². The first-order chi connectivity index (χ1) is 18.3. The zero-order chi connectivity index (χ0) is 28.0. The van der Waals surface area contributed by atoms with Gasteiger partial charge in [0.15, 0.2) is 0 Å². The summed E-state index contributed by atoms with van der Waals surface area (Å²) in [7, 11) is 0. The molecule has 0 radical (unpaired) electrons. The molecular formula is C30H49NO7. The zero-order valence-corrected chi connectivity index (χ0v) is 23.8. The van der Waals surface area contributed by atoms with Crippen molar-refractivity contribution in [2.24, 2.45) is 0 Å². The van der Waals surface area contributed by atoms with Gasteiger partial charge in [0, 0.05) is 18.6 Å². The Bertz CT molecular complexity index is 779. The van der Waals surface area contributed by atoms with Gasteiger partial charge >= 0.3 is 12.1 Å². The molecule has 8 heteroatoms. The van der Waals surface area contributed by atoms with Gasteiger partial charge in [-0.25, -0.2) is 4.79 Å². The fraction of sp³-hybridized carbons (Fsp3) is 0.733. The second-order valence-electron chi connectivity index (χ2n) is 10.3. The average molecular weight is 536 g/mol. The molecule has 0 fully saturated rings. The summed E-state index contributed by atoms with van der Waals surface area (Å²) < 4.78 is 15.9. The van der Waals surface area contributed by atoms with Gasteiger partial charge in [-0.05, 0) is 45.2 Å². The summed E-state index contributed by atoms with van der Waals surface area (Å²) in [4.78, 5) is 34.6. The van der Waals surface area contributed by atoms with Gasteiger partial charge in [0.1, 0.15) is 11.9 Å². The van der Waals surface area contributed by atoms with Gasteiger partial charge in [-0.15, -0.1) is 0 Å². The van der Waals surface area contributed by atoms with E-state index < -0.39 is 17.2 Å². The quantitative estimate of drug-likeness (QED) is 0.0479. The first-order valence-corrected chi connectivity index (χ1v) is 14.6. The number of esters is 1. The molecule has 1 aromatic rings. The van der Waals surface area contributed by atoms with Gasteiger partial charge in [-0.3, -0.25) is 14.9 Å². The second kappa shape index (κ2) is 21.3. The summed E-state index contributed by atoms with van der Waals surface area (Å²) in [5, 5.41) is 10.8. The van der Waals surface area contributed by atoms with Crippen molar-refractivity contribution in [1.82, 2.24) is 0 Å². The van der Waals surface area contributed by atoms with Crippen molar-refractivity contribution in [3.63, 3.8) is 0 Å². The molecule has 0 bridgehead atoms. The molecule has 1 aromatic carbocycles. The summed E-state index contributed by atoms with van der Waals surface area (Å²) >= 11 is 0. The molecular weight excluding hydrogens is 486 g/mol. The third kappa shape index (κ3) is 17.8. The van der Waals surface area contributed by atoms with E-state index in [1.807, 2.05) is 0 Å². The molecule has 1 atom stereocenters. The Morgan fingerprint density at radius 2 is 1.26 bits per heavy atom. The maximum Gasteiger partial charge on any atom is 0.514 e. The monoisotopic (exact) mass is 535 g/mol. The minimum Gasteiger partial charge on any atom is -0.463 e. The number of hydrogen-bond donors (Lipinski definition) is 0. The molecule has 38 heavy (non-hydrogen) atoms. The van der Waals surface area contributed by atoms with Crippen molar-refractivity contribution in [3.05, 3.63) is 34.4 Å². The normalized spacial score (nSPS) is 11.8. The van der Waals surface area contributed by atoms with E-state index in [1.165, 1.54) is 94.9 Å². The molecule has 0 spiro atoms. The summed E-state index contributed by atoms with van der Waals surface area (Å²) in [6, 6.07) is 5.22. The molecule has 0 N–H and O–H groups in total. The van der Waals surface area contributed by atoms with Gasteiger partial charge in [-0.2, -0.15) is 0 Å². The minimum atomic E-state index is -0.883. The van der Waals surface area contributed by atoms with E-state index in [2.05, 4.69) is 6.92 Å². The van der Waals surface area contributed by atoms with Gasteiger partial charge in [0.2, 0.25) is 0 Å². The van der Waals surface area contributed by atoms with Crippen LogP contribution < -0.4 is 4.74 Å². The van der Waals surface area contributed by atoms with E-state index in [4.69, 9.17) is 14.2 Å². The topological polar surface area (TPSA) is 105 Å². The summed E-state index contributed by atoms with van der Waals surface area (Å²) in [5.74, 6) is -0.159. The highest BCUT2D eigenvalue weighted by atomic mass is 16.7. The Balaban J connectivity index is 2.31. The highest BCUT2D eigenvalue weighted by Gasteiger charge is 2.19. The molecule has 0 aliphatic rings. The van der Waals surface area contributed by atoms with Crippen LogP contribution in [-0.2, 0) is 14.3 Å². The number of nitro benzene ring substituents is 1. The maximum atomic E-state index is 12.3. The van der Waals surface area contributed by atoms with Crippen LogP contribution in [0, 0.1) is 10.1 Å². The molecule has 0 saturated heterocycles. The fourth-order valence-electron chi connectivity index (χ4n) is 4.32. The molecule has 0 aliphatic carbocycles. The Morgan fingerprint density at radius 1 is 0.763 bits per heavy atom. The average Bonchev–Trinajstić information content (AvgIpc) is 2.87. The number of hydrogen-bond acceptors (Lipinski definition) is 7. The number of nitrogens with zero attached hydrogens (tertiary/aromatic N) is 1. The molecule has 0 amide bonds. The number of non-ortho nitro benzene ring substituents is 1. The number of rotatable bonds is 22. The van der Waals surface area contributed by atoms with Crippen molar-refractivity contribution in [2.45, 2.75) is 142 Å². The number of carbonyl (C=O) groups excluding carboxylic acids is 2. The Hall–Kier alpha value is -2.64. The van der Waals surface area contributed by atoms with Crippen molar-refractivity contribution < 1.29 is 28.7 Å². The fourth-order valence-corrected chi connectivity index (χ4v) is 4.32. The summed E-state index contributed by atoms with van der Waals surface area (Å²) in [6.07, 6.45) is 17.3. The lowest BCUT2D eigenvalue weighted by atomic mass is 10.0. The van der Waals surface area contributed by atoms with E-state index in [9.17, 15) is 19.7 Å². The number of benzene rings is 1. The number of unbranched alkanes of at least 4 members (excludes halogenated alkanes) is 13. The molecule has 0 heterocycles. The van der Waals surface area contributed by atoms with E-state index in [-0.39, 0.29) is 29.9 Å². The van der Waals surface area contributed by atoms with Gasteiger partial charge < -0.3 is 14.2 Å². The van der Waals surface area contributed by atoms with Gasteiger partial charge in [0.05, 0.1) is 11.0 Å². The molecule has 1 rings (SSSR count). The largest absolute Gasteiger partial charge is 0.514 e. The van der Waals surface area contributed by atoms with Crippen LogP contribution in [-0.4, -0.2) is 29.3 Å². The highest BCUT2D eigenvalue weighted by molar-refractivity contribution is 5.69. The van der Waals surface area contributed by atoms with Crippen LogP contribution in [0.25, 0.3) is 0 Å². The SMILES string of the molecule is CCCCCCCCCCCCCCCCC(CCC(=O)OC(C)C)OC(=O)Oc1ccc([N+](=O)[O-])cc1. The third-order valence-electron chi connectivity index (χ3n) is 6.43. The van der Waals surface area contributed by atoms with Crippen LogP contribution in [0.1, 0.15) is 130 Å². The molecule has 0 aromatic heterocycles. The number of nitro groups is 1. The predicted octanol–water partition coefficient (Wildman–Crippen LogP) is 9.08. The highest BCUT2D eigenvalue weighted by Crippen LogP contribution is 2.20. The molecule has 8 nitrogen and oxygen atoms in total. The molecule has 0 saturated carbocycles. The first-order valence-electron chi connectivity index (χ1n) is 14.6. The van der Waals surface area contributed by atoms with Crippen molar-refractivity contribution in [1.29, 1.82) is 0 Å². The summed E-state index contributed by atoms with van der Waals surface area (Å²) in [5.41, 5.74) is -0.0925. The van der Waals surface area contributed by atoms with Gasteiger partial charge in [-0.1, -0.05) is 90.4 Å². The standard InChI is InChI=1S/C30H49NO7/c1-4-5-6-7-8-9-10-11-12-13-14-15-16-17-18-27(23-24-29(32)36-25(2)3)37-30(33)38-28-21-19-26(20-22-28)31(34)35/h19-22,25,27H,4-18,23-24H2,1-3H3. The van der Waals surface area contributed by atoms with Crippen LogP contribution in [0.4, 0.5) is 10.5 Å². The minimum absolute atomic E-state index is 0.0925. The second-order valence-corrected chi connectivity index (χ2v) is 10.3. The van der Waals surface area contributed by atoms with Crippen molar-refractivity contribution in [3.8, 4) is 5.75 Å². The zero-order valence-electron chi connectivity index (χ0n) is 23.8. The Labute approximate surface area is 229 Å². The summed E-state index contributed by atoms with van der Waals surface area (Å²) in [6.45, 7) is 5.84. The lowest BCUT2D eigenvalue weighted by molar-refractivity contribution is -0.384. The number of carbonyl (C=O) groups is 2. The molecule has 1 unspecified atom stereocenters. The predicted molar refractivity (Wildman–Crippen MR) is 149 cm³/mol. The Morgan fingerprint density at radius 3 is 1.74 bits per heavy atom.